The first-order valence-corrected chi connectivity index (χ1v) is 7.65. The van der Waals surface area contributed by atoms with Gasteiger partial charge in [0.1, 0.15) is 5.25 Å². The van der Waals surface area contributed by atoms with E-state index in [1.807, 2.05) is 0 Å². The first kappa shape index (κ1) is 13.9. The number of ketones is 2. The van der Waals surface area contributed by atoms with Crippen LogP contribution in [0.25, 0.3) is 0 Å². The maximum atomic E-state index is 12.5. The molecule has 2 unspecified atom stereocenters. The van der Waals surface area contributed by atoms with Gasteiger partial charge in [-0.1, -0.05) is 36.4 Å². The van der Waals surface area contributed by atoms with Crippen molar-refractivity contribution in [2.45, 2.75) is 11.3 Å². The zero-order valence-corrected chi connectivity index (χ0v) is 11.5. The van der Waals surface area contributed by atoms with E-state index in [0.717, 1.165) is 6.08 Å². The van der Waals surface area contributed by atoms with E-state index in [2.05, 4.69) is 0 Å². The molecule has 0 radical (unpaired) electrons. The summed E-state index contributed by atoms with van der Waals surface area (Å²) in [4.78, 5) is 24.8. The molecule has 0 fully saturated rings. The average molecular weight is 305 g/mol. The topological polar surface area (TPSA) is 115 Å². The molecule has 0 spiro atoms. The summed E-state index contributed by atoms with van der Waals surface area (Å²) in [5.41, 5.74) is 6.29. The van der Waals surface area contributed by atoms with Crippen LogP contribution in [0.4, 0.5) is 0 Å². The maximum Gasteiger partial charge on any atom is 0.273 e. The monoisotopic (exact) mass is 305 g/mol. The highest BCUT2D eigenvalue weighted by molar-refractivity contribution is 7.86. The van der Waals surface area contributed by atoms with Crippen LogP contribution in [0.5, 0.6) is 0 Å². The Morgan fingerprint density at radius 3 is 2.19 bits per heavy atom. The van der Waals surface area contributed by atoms with Gasteiger partial charge in [0.25, 0.3) is 10.1 Å². The average Bonchev–Trinajstić information content (AvgIpc) is 2.43. The van der Waals surface area contributed by atoms with E-state index in [9.17, 15) is 22.6 Å². The maximum absolute atomic E-state index is 12.5. The Bertz CT molecular complexity index is 835. The van der Waals surface area contributed by atoms with Crippen molar-refractivity contribution >= 4 is 21.7 Å². The lowest BCUT2D eigenvalue weighted by molar-refractivity contribution is 0.0971. The number of carbonyl (C=O) groups excluding carboxylic acids is 2. The molecule has 7 heteroatoms. The Morgan fingerprint density at radius 1 is 1.05 bits per heavy atom. The molecule has 1 aromatic carbocycles. The van der Waals surface area contributed by atoms with Crippen molar-refractivity contribution in [3.8, 4) is 0 Å². The highest BCUT2D eigenvalue weighted by atomic mass is 32.2. The van der Waals surface area contributed by atoms with Gasteiger partial charge < -0.3 is 5.73 Å². The first-order valence-electron chi connectivity index (χ1n) is 6.15. The van der Waals surface area contributed by atoms with Gasteiger partial charge in [-0.3, -0.25) is 14.1 Å². The minimum Gasteiger partial charge on any atom is -0.322 e. The van der Waals surface area contributed by atoms with Gasteiger partial charge in [0.15, 0.2) is 11.6 Å². The summed E-state index contributed by atoms with van der Waals surface area (Å²) in [7, 11) is -4.45. The summed E-state index contributed by atoms with van der Waals surface area (Å²) in [5, 5.41) is -1.43. The van der Waals surface area contributed by atoms with Gasteiger partial charge in [0.2, 0.25) is 0 Å². The molecule has 3 N–H and O–H groups in total. The SMILES string of the molecule is NC1C2=C(C=CC1S(=O)(=O)O)C(=O)c1ccccc1C2=O. The molecule has 0 aliphatic heterocycles. The quantitative estimate of drug-likeness (QED) is 0.731. The number of allylic oxidation sites excluding steroid dienone is 2. The number of fused-ring (bicyclic) bond motifs is 1. The highest BCUT2D eigenvalue weighted by Crippen LogP contribution is 2.33. The molecule has 0 saturated heterocycles. The lowest BCUT2D eigenvalue weighted by Gasteiger charge is -2.29. The van der Waals surface area contributed by atoms with E-state index >= 15 is 0 Å². The molecule has 2 atom stereocenters. The lowest BCUT2D eigenvalue weighted by Crippen LogP contribution is -2.46. The lowest BCUT2D eigenvalue weighted by atomic mass is 9.78. The molecule has 6 nitrogen and oxygen atoms in total. The zero-order valence-electron chi connectivity index (χ0n) is 10.7. The van der Waals surface area contributed by atoms with Crippen molar-refractivity contribution in [1.29, 1.82) is 0 Å². The molecule has 108 valence electrons. The second-order valence-corrected chi connectivity index (χ2v) is 6.47. The Balaban J connectivity index is 2.19. The molecular formula is C14H11NO5S. The van der Waals surface area contributed by atoms with Crippen molar-refractivity contribution in [2.24, 2.45) is 5.73 Å². The summed E-state index contributed by atoms with van der Waals surface area (Å²) in [6, 6.07) is 5.01. The van der Waals surface area contributed by atoms with E-state index in [0.29, 0.717) is 0 Å². The summed E-state index contributed by atoms with van der Waals surface area (Å²) in [6.07, 6.45) is 2.38. The van der Waals surface area contributed by atoms with Crippen LogP contribution < -0.4 is 5.73 Å². The van der Waals surface area contributed by atoms with E-state index in [4.69, 9.17) is 5.73 Å². The molecule has 1 aromatic rings. The van der Waals surface area contributed by atoms with Crippen LogP contribution in [0.2, 0.25) is 0 Å². The molecule has 21 heavy (non-hydrogen) atoms. The van der Waals surface area contributed by atoms with Crippen molar-refractivity contribution < 1.29 is 22.6 Å². The summed E-state index contributed by atoms with van der Waals surface area (Å²) in [5.74, 6) is -0.855. The van der Waals surface area contributed by atoms with Crippen LogP contribution in [0.1, 0.15) is 20.7 Å². The van der Waals surface area contributed by atoms with Gasteiger partial charge >= 0.3 is 0 Å². The fourth-order valence-electron chi connectivity index (χ4n) is 2.67. The number of Topliss-reactive ketones (excluding diaryl/α,β-unsaturated/α-hetero) is 2. The molecular weight excluding hydrogens is 294 g/mol. The van der Waals surface area contributed by atoms with Gasteiger partial charge in [-0.05, 0) is 0 Å². The van der Waals surface area contributed by atoms with Crippen molar-refractivity contribution in [3.63, 3.8) is 0 Å². The fourth-order valence-corrected chi connectivity index (χ4v) is 3.45. The normalized spacial score (nSPS) is 24.9. The number of benzene rings is 1. The minimum atomic E-state index is -4.45. The number of hydrogen-bond acceptors (Lipinski definition) is 5. The molecule has 2 aliphatic carbocycles. The summed E-state index contributed by atoms with van der Waals surface area (Å²) >= 11 is 0. The molecule has 0 amide bonds. The summed E-state index contributed by atoms with van der Waals surface area (Å²) < 4.78 is 31.8. The molecule has 0 aromatic heterocycles. The van der Waals surface area contributed by atoms with E-state index in [-0.39, 0.29) is 28.1 Å². The predicted octanol–water partition coefficient (Wildman–Crippen LogP) is 0.516. The summed E-state index contributed by atoms with van der Waals surface area (Å²) in [6.45, 7) is 0. The third-order valence-electron chi connectivity index (χ3n) is 3.68. The molecule has 3 rings (SSSR count). The third-order valence-corrected chi connectivity index (χ3v) is 4.82. The predicted molar refractivity (Wildman–Crippen MR) is 74.6 cm³/mol. The Hall–Kier alpha value is -2.09. The number of carbonyl (C=O) groups is 2. The first-order chi connectivity index (χ1) is 9.82. The molecule has 2 aliphatic rings. The third kappa shape index (κ3) is 1.98. The standard InChI is InChI=1S/C14H11NO5S/c15-12-10(21(18,19)20)6-5-9-11(12)14(17)8-4-2-1-3-7(8)13(9)16/h1-6,10,12H,15H2,(H,18,19,20). The van der Waals surface area contributed by atoms with Gasteiger partial charge in [-0.25, -0.2) is 0 Å². The van der Waals surface area contributed by atoms with Crippen LogP contribution in [-0.2, 0) is 10.1 Å². The van der Waals surface area contributed by atoms with Crippen molar-refractivity contribution in [3.05, 3.63) is 58.7 Å². The van der Waals surface area contributed by atoms with Crippen molar-refractivity contribution in [2.75, 3.05) is 0 Å². The Kier molecular flexibility index (Phi) is 2.94. The van der Waals surface area contributed by atoms with E-state index in [1.54, 1.807) is 12.1 Å². The number of nitrogens with two attached hydrogens (primary N) is 1. The molecule has 0 bridgehead atoms. The van der Waals surface area contributed by atoms with Crippen LogP contribution in [0.3, 0.4) is 0 Å². The Morgan fingerprint density at radius 2 is 1.62 bits per heavy atom. The minimum absolute atomic E-state index is 0.0659. The van der Waals surface area contributed by atoms with Crippen LogP contribution >= 0.6 is 0 Å². The Labute approximate surface area is 120 Å². The van der Waals surface area contributed by atoms with Crippen molar-refractivity contribution in [1.82, 2.24) is 0 Å². The number of hydrogen-bond donors (Lipinski definition) is 2. The largest absolute Gasteiger partial charge is 0.322 e. The van der Waals surface area contributed by atoms with Gasteiger partial charge in [0.05, 0.1) is 6.04 Å². The molecule has 0 saturated carbocycles. The van der Waals surface area contributed by atoms with Gasteiger partial charge in [0, 0.05) is 22.3 Å². The van der Waals surface area contributed by atoms with Crippen LogP contribution in [-0.4, -0.2) is 35.8 Å². The van der Waals surface area contributed by atoms with E-state index in [1.165, 1.54) is 18.2 Å². The number of rotatable bonds is 1. The smallest absolute Gasteiger partial charge is 0.273 e. The van der Waals surface area contributed by atoms with Gasteiger partial charge in [-0.15, -0.1) is 0 Å². The zero-order chi connectivity index (χ0) is 15.4. The van der Waals surface area contributed by atoms with Gasteiger partial charge in [-0.2, -0.15) is 8.42 Å². The van der Waals surface area contributed by atoms with E-state index < -0.39 is 27.2 Å². The van der Waals surface area contributed by atoms with Crippen LogP contribution in [0, 0.1) is 0 Å². The molecule has 0 heterocycles. The fraction of sp³-hybridized carbons (Fsp3) is 0.143. The second kappa shape index (κ2) is 4.45. The second-order valence-electron chi connectivity index (χ2n) is 4.90. The highest BCUT2D eigenvalue weighted by Gasteiger charge is 2.41. The van der Waals surface area contributed by atoms with Crippen LogP contribution in [0.15, 0.2) is 47.6 Å².